The van der Waals surface area contributed by atoms with Gasteiger partial charge in [-0.15, -0.1) is 0 Å². The van der Waals surface area contributed by atoms with Crippen LogP contribution in [0.1, 0.15) is 47.4 Å². The Kier molecular flexibility index (Phi) is 4.19. The summed E-state index contributed by atoms with van der Waals surface area (Å²) in [4.78, 5) is 27.8. The van der Waals surface area contributed by atoms with Crippen molar-refractivity contribution in [3.05, 3.63) is 10.6 Å². The van der Waals surface area contributed by atoms with Crippen molar-refractivity contribution in [2.45, 2.75) is 27.2 Å². The molecule has 2 unspecified atom stereocenters. The highest BCUT2D eigenvalue weighted by Crippen LogP contribution is 2.38. The molecule has 0 bridgehead atoms. The van der Waals surface area contributed by atoms with E-state index in [9.17, 15) is 9.59 Å². The maximum Gasteiger partial charge on any atom is 0.358 e. The number of nitrogens with one attached hydrogen (secondary N) is 1. The highest BCUT2D eigenvalue weighted by molar-refractivity contribution is 7.17. The van der Waals surface area contributed by atoms with E-state index >= 15 is 0 Å². The quantitative estimate of drug-likeness (QED) is 0.641. The second kappa shape index (κ2) is 5.69. The number of aromatic nitrogens is 1. The number of nitrogens with zero attached hydrogens (tertiary/aromatic N) is 1. The number of rotatable bonds is 6. The van der Waals surface area contributed by atoms with E-state index in [0.717, 1.165) is 12.5 Å². The Balaban J connectivity index is 2.10. The van der Waals surface area contributed by atoms with Crippen molar-refractivity contribution in [1.29, 1.82) is 0 Å². The summed E-state index contributed by atoms with van der Waals surface area (Å²) in [5.41, 5.74) is 0.130. The van der Waals surface area contributed by atoms with Gasteiger partial charge in [-0.1, -0.05) is 18.3 Å². The van der Waals surface area contributed by atoms with Gasteiger partial charge in [-0.2, -0.15) is 0 Å². The van der Waals surface area contributed by atoms with Gasteiger partial charge in [-0.25, -0.2) is 9.78 Å². The number of hydrogen-bond acceptors (Lipinski definition) is 6. The van der Waals surface area contributed by atoms with E-state index < -0.39 is 5.97 Å². The van der Waals surface area contributed by atoms with Crippen molar-refractivity contribution in [2.75, 3.05) is 18.5 Å². The Morgan fingerprint density at radius 3 is 2.74 bits per heavy atom. The van der Waals surface area contributed by atoms with Gasteiger partial charge in [0.1, 0.15) is 4.88 Å². The number of ether oxygens (including phenoxy) is 1. The van der Waals surface area contributed by atoms with E-state index in [4.69, 9.17) is 4.74 Å². The number of carbonyl (C=O) groups is 2. The average Bonchev–Trinajstić information content (AvgIpc) is 2.90. The zero-order valence-corrected chi connectivity index (χ0v) is 12.2. The van der Waals surface area contributed by atoms with E-state index in [-0.39, 0.29) is 18.1 Å². The fourth-order valence-corrected chi connectivity index (χ4v) is 2.73. The van der Waals surface area contributed by atoms with E-state index in [1.807, 2.05) is 0 Å². The van der Waals surface area contributed by atoms with Gasteiger partial charge < -0.3 is 10.1 Å². The third kappa shape index (κ3) is 3.32. The second-order valence-corrected chi connectivity index (χ2v) is 5.83. The minimum atomic E-state index is -0.531. The predicted molar refractivity (Wildman–Crippen MR) is 73.8 cm³/mol. The van der Waals surface area contributed by atoms with E-state index in [2.05, 4.69) is 17.2 Å². The largest absolute Gasteiger partial charge is 0.461 e. The molecule has 1 fully saturated rings. The zero-order valence-electron chi connectivity index (χ0n) is 11.4. The molecule has 1 N–H and O–H groups in total. The number of hydrogen-bond donors (Lipinski definition) is 1. The first-order valence-corrected chi connectivity index (χ1v) is 7.27. The number of Topliss-reactive ketones (excluding diaryl/α,β-unsaturated/α-hetero) is 1. The van der Waals surface area contributed by atoms with Gasteiger partial charge in [-0.3, -0.25) is 4.79 Å². The van der Waals surface area contributed by atoms with Gasteiger partial charge in [0, 0.05) is 13.5 Å². The van der Waals surface area contributed by atoms with E-state index in [1.165, 1.54) is 24.7 Å². The Morgan fingerprint density at radius 1 is 1.53 bits per heavy atom. The van der Waals surface area contributed by atoms with Crippen molar-refractivity contribution in [3.63, 3.8) is 0 Å². The molecular weight excluding hydrogens is 264 g/mol. The number of thiazole rings is 1. The maximum atomic E-state index is 11.7. The number of esters is 1. The smallest absolute Gasteiger partial charge is 0.358 e. The fraction of sp³-hybridized carbons (Fsp3) is 0.615. The van der Waals surface area contributed by atoms with Crippen LogP contribution in [0.3, 0.4) is 0 Å². The van der Waals surface area contributed by atoms with Gasteiger partial charge in [0.05, 0.1) is 6.61 Å². The summed E-state index contributed by atoms with van der Waals surface area (Å²) in [6, 6.07) is 0. The normalized spacial score (nSPS) is 21.0. The molecule has 1 aliphatic carbocycles. The maximum absolute atomic E-state index is 11.7. The summed E-state index contributed by atoms with van der Waals surface area (Å²) in [6.07, 6.45) is 1.22. The van der Waals surface area contributed by atoms with Gasteiger partial charge in [-0.05, 0) is 25.2 Å². The minimum absolute atomic E-state index is 0.130. The lowest BCUT2D eigenvalue weighted by Gasteiger charge is -2.00. The molecule has 0 aromatic carbocycles. The van der Waals surface area contributed by atoms with Crippen LogP contribution in [0.25, 0.3) is 0 Å². The molecule has 19 heavy (non-hydrogen) atoms. The number of anilines is 1. The SMILES string of the molecule is CCOC(=O)c1nc(NCC2CC2C)sc1C(C)=O. The lowest BCUT2D eigenvalue weighted by molar-refractivity contribution is 0.0517. The molecule has 1 aliphatic rings. The Bertz CT molecular complexity index is 498. The lowest BCUT2D eigenvalue weighted by Crippen LogP contribution is -2.10. The molecule has 0 aliphatic heterocycles. The number of ketones is 1. The first-order valence-electron chi connectivity index (χ1n) is 6.45. The van der Waals surface area contributed by atoms with E-state index in [1.54, 1.807) is 6.92 Å². The summed E-state index contributed by atoms with van der Waals surface area (Å²) in [5, 5.41) is 3.81. The lowest BCUT2D eigenvalue weighted by atomic mass is 10.3. The van der Waals surface area contributed by atoms with Crippen LogP contribution >= 0.6 is 11.3 Å². The molecule has 0 amide bonds. The Morgan fingerprint density at radius 2 is 2.21 bits per heavy atom. The third-order valence-corrected chi connectivity index (χ3v) is 4.32. The van der Waals surface area contributed by atoms with Crippen LogP contribution in [-0.4, -0.2) is 29.9 Å². The Labute approximate surface area is 116 Å². The summed E-state index contributed by atoms with van der Waals surface area (Å²) in [6.45, 7) is 6.48. The highest BCUT2D eigenvalue weighted by atomic mass is 32.1. The van der Waals surface area contributed by atoms with Crippen LogP contribution in [-0.2, 0) is 4.74 Å². The molecule has 0 saturated heterocycles. The van der Waals surface area contributed by atoms with E-state index in [0.29, 0.717) is 15.9 Å². The predicted octanol–water partition coefficient (Wildman–Crippen LogP) is 2.59. The first-order chi connectivity index (χ1) is 9.02. The summed E-state index contributed by atoms with van der Waals surface area (Å²) >= 11 is 1.22. The molecule has 2 rings (SSSR count). The molecule has 0 spiro atoms. The topological polar surface area (TPSA) is 68.3 Å². The number of carbonyl (C=O) groups excluding carboxylic acids is 2. The first kappa shape index (κ1) is 14.0. The standard InChI is InChI=1S/C13H18N2O3S/c1-4-18-12(17)10-11(8(3)16)19-13(15-10)14-6-9-5-7(9)2/h7,9H,4-6H2,1-3H3,(H,14,15). The van der Waals surface area contributed by atoms with Crippen molar-refractivity contribution in [3.8, 4) is 0 Å². The molecule has 0 radical (unpaired) electrons. The fourth-order valence-electron chi connectivity index (χ4n) is 1.87. The molecule has 1 aromatic heterocycles. The molecule has 1 heterocycles. The van der Waals surface area contributed by atoms with Crippen LogP contribution in [0.2, 0.25) is 0 Å². The summed E-state index contributed by atoms with van der Waals surface area (Å²) in [7, 11) is 0. The van der Waals surface area contributed by atoms with Crippen LogP contribution in [0.4, 0.5) is 5.13 Å². The molecule has 5 nitrogen and oxygen atoms in total. The minimum Gasteiger partial charge on any atom is -0.461 e. The van der Waals surface area contributed by atoms with Gasteiger partial charge >= 0.3 is 5.97 Å². The van der Waals surface area contributed by atoms with Gasteiger partial charge in [0.15, 0.2) is 16.6 Å². The molecule has 104 valence electrons. The van der Waals surface area contributed by atoms with Crippen molar-refractivity contribution < 1.29 is 14.3 Å². The average molecular weight is 282 g/mol. The van der Waals surface area contributed by atoms with Crippen LogP contribution < -0.4 is 5.32 Å². The third-order valence-electron chi connectivity index (χ3n) is 3.21. The highest BCUT2D eigenvalue weighted by Gasteiger charge is 2.32. The van der Waals surface area contributed by atoms with Gasteiger partial charge in [0.2, 0.25) is 0 Å². The molecule has 1 aromatic rings. The summed E-state index contributed by atoms with van der Waals surface area (Å²) in [5.74, 6) is 0.741. The molecule has 6 heteroatoms. The van der Waals surface area contributed by atoms with Gasteiger partial charge in [0.25, 0.3) is 0 Å². The zero-order chi connectivity index (χ0) is 14.0. The van der Waals surface area contributed by atoms with Crippen molar-refractivity contribution in [1.82, 2.24) is 4.98 Å². The molecular formula is C13H18N2O3S. The monoisotopic (exact) mass is 282 g/mol. The van der Waals surface area contributed by atoms with Crippen LogP contribution in [0.5, 0.6) is 0 Å². The molecule has 2 atom stereocenters. The van der Waals surface area contributed by atoms with Crippen LogP contribution in [0.15, 0.2) is 0 Å². The van der Waals surface area contributed by atoms with Crippen LogP contribution in [0, 0.1) is 11.8 Å². The summed E-state index contributed by atoms with van der Waals surface area (Å²) < 4.78 is 4.91. The second-order valence-electron chi connectivity index (χ2n) is 4.83. The Hall–Kier alpha value is -1.43. The molecule has 1 saturated carbocycles. The van der Waals surface area contributed by atoms with Crippen molar-refractivity contribution in [2.24, 2.45) is 11.8 Å². The van der Waals surface area contributed by atoms with Crippen molar-refractivity contribution >= 4 is 28.2 Å².